The molecule has 4 fully saturated rings. The molecule has 1 spiro atoms. The highest BCUT2D eigenvalue weighted by atomic mass is 16.9. The quantitative estimate of drug-likeness (QED) is 0.479. The Morgan fingerprint density at radius 2 is 1.90 bits per heavy atom. The van der Waals surface area contributed by atoms with Gasteiger partial charge in [-0.15, -0.1) is 0 Å². The number of Topliss-reactive ketones (excluding diaryl/α,β-unsaturated/α-hetero) is 1. The molecule has 5 aliphatic heterocycles. The van der Waals surface area contributed by atoms with Gasteiger partial charge in [0.25, 0.3) is 11.6 Å². The number of fused-ring (bicyclic) bond motifs is 8. The average Bonchev–Trinajstić information content (AvgIpc) is 3.64. The molecule has 1 aliphatic carbocycles. The Morgan fingerprint density at radius 3 is 2.60 bits per heavy atom. The maximum absolute atomic E-state index is 13.5. The number of nitrogens with two attached hydrogens (primary N) is 1. The first-order chi connectivity index (χ1) is 20.3. The van der Waals surface area contributed by atoms with Gasteiger partial charge in [-0.25, -0.2) is 0 Å². The van der Waals surface area contributed by atoms with Crippen LogP contribution in [0.2, 0.25) is 0 Å². The molecule has 5 heterocycles. The Kier molecular flexibility index (Phi) is 5.71. The van der Waals surface area contributed by atoms with Crippen molar-refractivity contribution in [3.05, 3.63) is 28.3 Å². The van der Waals surface area contributed by atoms with Gasteiger partial charge in [-0.3, -0.25) is 9.59 Å². The number of carbonyl (C=O) groups excluding carboxylic acids is 2. The fraction of sp³-hybridized carbons (Fsp3) is 0.600. The zero-order valence-electron chi connectivity index (χ0n) is 23.7. The number of amides is 1. The summed E-state index contributed by atoms with van der Waals surface area (Å²) in [6.45, 7) is 3.20. The van der Waals surface area contributed by atoms with Gasteiger partial charge in [0, 0.05) is 30.0 Å². The van der Waals surface area contributed by atoms with Gasteiger partial charge < -0.3 is 48.4 Å². The zero-order valence-corrected chi connectivity index (χ0v) is 23.7. The molecular formula is C30H33NO11. The molecule has 0 aromatic heterocycles. The van der Waals surface area contributed by atoms with Crippen molar-refractivity contribution in [1.82, 2.24) is 0 Å². The lowest BCUT2D eigenvalue weighted by Crippen LogP contribution is -2.70. The second kappa shape index (κ2) is 9.01. The van der Waals surface area contributed by atoms with E-state index >= 15 is 0 Å². The van der Waals surface area contributed by atoms with E-state index in [0.29, 0.717) is 60.7 Å². The largest absolute Gasteiger partial charge is 0.496 e. The van der Waals surface area contributed by atoms with Crippen LogP contribution in [0.4, 0.5) is 0 Å². The third-order valence-electron chi connectivity index (χ3n) is 9.50. The summed E-state index contributed by atoms with van der Waals surface area (Å²) in [4.78, 5) is 25.1. The van der Waals surface area contributed by atoms with Crippen LogP contribution in [0.1, 0.15) is 58.8 Å². The molecule has 2 bridgehead atoms. The normalized spacial score (nSPS) is 34.3. The van der Waals surface area contributed by atoms with Gasteiger partial charge in [-0.05, 0) is 37.8 Å². The van der Waals surface area contributed by atoms with E-state index < -0.39 is 41.6 Å². The number of ketones is 1. The van der Waals surface area contributed by atoms with Gasteiger partial charge in [-0.1, -0.05) is 0 Å². The summed E-state index contributed by atoms with van der Waals surface area (Å²) in [7, 11) is 3.15. The molecule has 42 heavy (non-hydrogen) atoms. The lowest BCUT2D eigenvalue weighted by molar-refractivity contribution is -0.365. The van der Waals surface area contributed by atoms with E-state index in [1.165, 1.54) is 0 Å². The van der Waals surface area contributed by atoms with Crippen LogP contribution in [0.5, 0.6) is 17.2 Å². The molecule has 2 N–H and O–H groups in total. The second-order valence-corrected chi connectivity index (χ2v) is 11.7. The van der Waals surface area contributed by atoms with Crippen molar-refractivity contribution >= 4 is 22.5 Å². The molecule has 0 unspecified atom stereocenters. The molecule has 224 valence electrons. The Balaban J connectivity index is 1.38. The van der Waals surface area contributed by atoms with Crippen LogP contribution >= 0.6 is 0 Å². The summed E-state index contributed by atoms with van der Waals surface area (Å²) in [6.07, 6.45) is 0.306. The monoisotopic (exact) mass is 583 g/mol. The number of benzene rings is 2. The van der Waals surface area contributed by atoms with Crippen LogP contribution in [-0.2, 0) is 39.6 Å². The van der Waals surface area contributed by atoms with Crippen molar-refractivity contribution in [2.75, 3.05) is 40.6 Å². The van der Waals surface area contributed by atoms with Gasteiger partial charge in [0.15, 0.2) is 11.9 Å². The zero-order chi connectivity index (χ0) is 29.0. The molecular weight excluding hydrogens is 550 g/mol. The fourth-order valence-corrected chi connectivity index (χ4v) is 7.70. The molecule has 12 heteroatoms. The van der Waals surface area contributed by atoms with Crippen molar-refractivity contribution in [2.24, 2.45) is 5.73 Å². The van der Waals surface area contributed by atoms with Crippen molar-refractivity contribution in [2.45, 2.75) is 74.7 Å². The van der Waals surface area contributed by atoms with Crippen LogP contribution < -0.4 is 19.9 Å². The number of aryl methyl sites for hydroxylation is 1. The molecule has 2 aromatic rings. The van der Waals surface area contributed by atoms with Gasteiger partial charge in [0.2, 0.25) is 17.8 Å². The number of hydrogen-bond donors (Lipinski definition) is 1. The predicted octanol–water partition coefficient (Wildman–Crippen LogP) is 2.36. The molecule has 1 amide bonds. The first-order valence-corrected chi connectivity index (χ1v) is 14.4. The summed E-state index contributed by atoms with van der Waals surface area (Å²) in [5.41, 5.74) is 7.09. The number of primary amides is 1. The third-order valence-corrected chi connectivity index (χ3v) is 9.50. The topological polar surface area (TPSA) is 147 Å². The minimum absolute atomic E-state index is 0.00721. The molecule has 4 saturated heterocycles. The van der Waals surface area contributed by atoms with E-state index in [1.807, 2.05) is 13.0 Å². The van der Waals surface area contributed by atoms with E-state index in [2.05, 4.69) is 0 Å². The molecule has 6 aliphatic rings. The standard InChI is InChI=1S/C30H33NO11/c1-14-12-16-21(23(36-11-8-18(31)33)20-15(22(16)34-2)6-4-7-17(20)32)24-19(14)25-26-29(35-3,40-24)28(13-39-28)30(41-25,42-26)27-37-9-5-10-38-27/h12,25-27H,4-11,13H2,1-3H3,(H2,31,33)/t25-,26-,28-,29+,30-/m0/s1. The van der Waals surface area contributed by atoms with E-state index in [-0.39, 0.29) is 25.4 Å². The Bertz CT molecular complexity index is 1530. The Labute approximate surface area is 241 Å². The minimum Gasteiger partial charge on any atom is -0.496 e. The smallest absolute Gasteiger partial charge is 0.277 e. The van der Waals surface area contributed by atoms with Crippen molar-refractivity contribution in [3.63, 3.8) is 0 Å². The number of epoxide rings is 1. The SMILES string of the molecule is COc1c2c(c(OCCC(N)=O)c3c4c(c(C)cc13)[C@@H]1O[C@@]3(C5OCCCO5)O[C@@H]1[C@@](OC)(O4)[C@@]31CO1)C(=O)CCC2. The number of carbonyl (C=O) groups is 2. The van der Waals surface area contributed by atoms with Crippen LogP contribution in [0.15, 0.2) is 6.07 Å². The average molecular weight is 584 g/mol. The lowest BCUT2D eigenvalue weighted by Gasteiger charge is -2.49. The lowest BCUT2D eigenvalue weighted by atomic mass is 9.78. The summed E-state index contributed by atoms with van der Waals surface area (Å²) in [5, 5.41) is 1.25. The van der Waals surface area contributed by atoms with Gasteiger partial charge in [0.05, 0.1) is 50.9 Å². The van der Waals surface area contributed by atoms with Crippen molar-refractivity contribution in [1.29, 1.82) is 0 Å². The molecule has 2 aromatic carbocycles. The summed E-state index contributed by atoms with van der Waals surface area (Å²) in [5.74, 6) is -2.03. The highest BCUT2D eigenvalue weighted by molar-refractivity contribution is 6.12. The van der Waals surface area contributed by atoms with Crippen LogP contribution in [-0.4, -0.2) is 81.9 Å². The fourth-order valence-electron chi connectivity index (χ4n) is 7.70. The third kappa shape index (κ3) is 3.12. The number of rotatable bonds is 7. The van der Waals surface area contributed by atoms with E-state index in [4.69, 9.17) is 48.4 Å². The maximum Gasteiger partial charge on any atom is 0.277 e. The first kappa shape index (κ1) is 26.6. The van der Waals surface area contributed by atoms with E-state index in [9.17, 15) is 9.59 Å². The van der Waals surface area contributed by atoms with E-state index in [1.54, 1.807) is 14.2 Å². The summed E-state index contributed by atoms with van der Waals surface area (Å²) < 4.78 is 57.0. The Hall–Kier alpha value is -3.00. The summed E-state index contributed by atoms with van der Waals surface area (Å²) in [6, 6.07) is 2.00. The van der Waals surface area contributed by atoms with Crippen LogP contribution in [0.3, 0.4) is 0 Å². The molecule has 0 saturated carbocycles. The van der Waals surface area contributed by atoms with Crippen molar-refractivity contribution < 1.29 is 52.2 Å². The predicted molar refractivity (Wildman–Crippen MR) is 143 cm³/mol. The highest BCUT2D eigenvalue weighted by Gasteiger charge is 2.93. The highest BCUT2D eigenvalue weighted by Crippen LogP contribution is 2.72. The minimum atomic E-state index is -1.41. The first-order valence-electron chi connectivity index (χ1n) is 14.4. The molecule has 12 nitrogen and oxygen atoms in total. The number of methoxy groups -OCH3 is 2. The molecule has 0 radical (unpaired) electrons. The van der Waals surface area contributed by atoms with Crippen LogP contribution in [0.25, 0.3) is 10.8 Å². The van der Waals surface area contributed by atoms with Gasteiger partial charge >= 0.3 is 0 Å². The van der Waals surface area contributed by atoms with E-state index in [0.717, 1.165) is 28.5 Å². The Morgan fingerprint density at radius 1 is 1.12 bits per heavy atom. The van der Waals surface area contributed by atoms with Gasteiger partial charge in [0.1, 0.15) is 23.4 Å². The van der Waals surface area contributed by atoms with Crippen molar-refractivity contribution in [3.8, 4) is 17.2 Å². The maximum atomic E-state index is 13.5. The number of ether oxygens (including phenoxy) is 9. The molecule has 5 atom stereocenters. The van der Waals surface area contributed by atoms with Crippen LogP contribution in [0, 0.1) is 6.92 Å². The summed E-state index contributed by atoms with van der Waals surface area (Å²) >= 11 is 0. The second-order valence-electron chi connectivity index (χ2n) is 11.7. The number of hydrogen-bond acceptors (Lipinski definition) is 11. The van der Waals surface area contributed by atoms with Gasteiger partial charge in [-0.2, -0.15) is 0 Å². The molecule has 8 rings (SSSR count).